The molecule has 3 fully saturated rings. The number of hydrogen-bond acceptors (Lipinski definition) is 19. The van der Waals surface area contributed by atoms with Crippen molar-refractivity contribution < 1.29 is 63.0 Å². The van der Waals surface area contributed by atoms with Crippen molar-refractivity contribution in [1.29, 1.82) is 0 Å². The third kappa shape index (κ3) is 25.0. The molecule has 2 aliphatic heterocycles. The topological polar surface area (TPSA) is 310 Å². The number of aromatic nitrogens is 6. The van der Waals surface area contributed by atoms with Gasteiger partial charge in [-0.3, -0.25) is 33.3 Å². The van der Waals surface area contributed by atoms with Gasteiger partial charge in [0.05, 0.1) is 90.9 Å². The van der Waals surface area contributed by atoms with Crippen molar-refractivity contribution in [1.82, 2.24) is 60.6 Å². The quantitative estimate of drug-likeness (QED) is 0.0169. The lowest BCUT2D eigenvalue weighted by molar-refractivity contribution is -0.145. The first-order chi connectivity index (χ1) is 65.4. The molecule has 0 bridgehead atoms. The van der Waals surface area contributed by atoms with Crippen LogP contribution in [0.15, 0.2) is 175 Å². The molecule has 29 heteroatoms. The maximum Gasteiger partial charge on any atom is 0.258 e. The number of aryl methyl sites for hydroxylation is 10. The highest BCUT2D eigenvalue weighted by Gasteiger charge is 2.54. The molecule has 8 N–H and O–H groups in total. The Labute approximate surface area is 819 Å². The highest BCUT2D eigenvalue weighted by atomic mass is 35.5. The molecule has 722 valence electrons. The molecule has 0 spiro atoms. The third-order valence-corrected chi connectivity index (χ3v) is 28.5. The molecule has 24 nitrogen and oxygen atoms in total. The van der Waals surface area contributed by atoms with Crippen molar-refractivity contribution in [2.45, 2.75) is 228 Å². The van der Waals surface area contributed by atoms with E-state index in [-0.39, 0.29) is 68.6 Å². The SMILES string of the molecule is Cc1cc(-c2ccc(OCc3ccc(CCCCCN[C@H](C(=O)N4C[C@H](O)C[C@H]4C(=O)NCc4ccc(-c5scnc5C)cc4)C(C)(C)C)cc3)c(-c3ccc(Cl)c(C)c3)c2O)n(C)n1.Cc1cc(-c2ccc(OCc3ccc(CCCCCOc4cc(-c5scnc5C)ccc4CNC(=O)[C@@H]4C[C@@H](O)CN4C(=O)[C@@H](NC(=O)C4(F)CC4)C(C)(C)C)cc3)c(-c3ccc(Cl)c(C)c3)c2O)n(C)n1. The van der Waals surface area contributed by atoms with Crippen molar-refractivity contribution >= 4 is 75.4 Å². The van der Waals surface area contributed by atoms with E-state index in [2.05, 4.69) is 90.0 Å². The number of nitrogens with one attached hydrogen (secondary N) is 4. The van der Waals surface area contributed by atoms with Gasteiger partial charge in [0.25, 0.3) is 5.91 Å². The van der Waals surface area contributed by atoms with Crippen LogP contribution in [0.25, 0.3) is 65.6 Å². The molecule has 8 aromatic carbocycles. The Morgan fingerprint density at radius 3 is 1.39 bits per heavy atom. The van der Waals surface area contributed by atoms with Gasteiger partial charge in [-0.15, -0.1) is 22.7 Å². The highest BCUT2D eigenvalue weighted by molar-refractivity contribution is 7.13. The van der Waals surface area contributed by atoms with Crippen LogP contribution in [0.5, 0.6) is 28.7 Å². The summed E-state index contributed by atoms with van der Waals surface area (Å²) in [4.78, 5) is 81.9. The van der Waals surface area contributed by atoms with Gasteiger partial charge in [0.15, 0.2) is 5.67 Å². The fourth-order valence-electron chi connectivity index (χ4n) is 17.7. The lowest BCUT2D eigenvalue weighted by Crippen LogP contribution is -2.59. The van der Waals surface area contributed by atoms with E-state index < -0.39 is 70.6 Å². The number of thiazole rings is 2. The van der Waals surface area contributed by atoms with Crippen LogP contribution < -0.4 is 35.5 Å². The molecular formula is C108H125Cl2FN12O12S2. The number of alkyl halides is 1. The summed E-state index contributed by atoms with van der Waals surface area (Å²) in [5.74, 6) is -0.255. The lowest BCUT2D eigenvalue weighted by atomic mass is 9.85. The monoisotopic (exact) mass is 1930 g/mol. The molecule has 1 aliphatic carbocycles. The van der Waals surface area contributed by atoms with Crippen LogP contribution in [0.4, 0.5) is 4.39 Å². The molecule has 1 saturated carbocycles. The number of phenolic OH excluding ortho intramolecular Hbond substituents is 2. The number of amides is 5. The number of hydrogen-bond donors (Lipinski definition) is 8. The van der Waals surface area contributed by atoms with E-state index in [1.807, 2.05) is 197 Å². The zero-order chi connectivity index (χ0) is 97.9. The number of carbonyl (C=O) groups is 5. The first-order valence-corrected chi connectivity index (χ1v) is 49.5. The van der Waals surface area contributed by atoms with Gasteiger partial charge in [0, 0.05) is 79.9 Å². The molecule has 0 unspecified atom stereocenters. The number of aliphatic hydroxyl groups excluding tert-OH is 2. The standard InChI is InChI=1S/C56H64ClFN6O7S.C52H61ClN6O5S/c1-33-25-38(18-20-43(33)57)48-46(21-19-42(49(48)66)44-26-34(2)62-63(44)7)71-31-37-14-12-36(13-15-37)11-9-8-10-24-70-47-27-39(50-35(3)60-32-72-50)16-17-40(47)29-59-52(67)45-28-41(65)30-64(45)53(68)51(55(4,5)6)61-54(69)56(58)22-23-56;1-32-25-39(20-22-42(32)53)46-45(23-21-41(47(46)61)43-26-33(2)57-58(43)7)64-30-37-14-12-35(13-15-37)11-9-8-10-24-54-49(52(4,5)6)51(63)59-29-40(60)27-44(59)50(62)55-28-36-16-18-38(19-17-36)48-34(3)56-31-65-48/h12-21,25-27,32,41,45,51,65-66H,8-11,22-24,28-31H2,1-7H3,(H,59,67)(H,61,69);12-23,25-26,31,40,44,49,54,60-61H,8-11,24,27-30H2,1-7H3,(H,55,62)/t41-,45+,51-;40-,44+,49-/m11/s1. The number of aromatic hydroxyl groups is 2. The second-order valence-corrected chi connectivity index (χ2v) is 41.2. The van der Waals surface area contributed by atoms with Crippen LogP contribution in [0.2, 0.25) is 10.0 Å². The van der Waals surface area contributed by atoms with Crippen LogP contribution in [0.3, 0.4) is 0 Å². The van der Waals surface area contributed by atoms with Crippen molar-refractivity contribution in [2.75, 3.05) is 26.2 Å². The van der Waals surface area contributed by atoms with Gasteiger partial charge in [0.1, 0.15) is 60.1 Å². The largest absolute Gasteiger partial charge is 0.506 e. The molecule has 137 heavy (non-hydrogen) atoms. The number of nitrogens with zero attached hydrogens (tertiary/aromatic N) is 8. The summed E-state index contributed by atoms with van der Waals surface area (Å²) in [7, 11) is 3.72. The van der Waals surface area contributed by atoms with E-state index in [1.54, 1.807) is 51.9 Å². The van der Waals surface area contributed by atoms with E-state index in [0.29, 0.717) is 82.5 Å². The molecule has 2 saturated heterocycles. The number of halogens is 3. The molecule has 12 aromatic rings. The average molecular weight is 1940 g/mol. The molecule has 4 aromatic heterocycles. The van der Waals surface area contributed by atoms with Gasteiger partial charge < -0.3 is 65.7 Å². The fourth-order valence-corrected chi connectivity index (χ4v) is 19.6. The average Bonchev–Trinajstić information content (AvgIpc) is 1.23. The first-order valence-electron chi connectivity index (χ1n) is 47.0. The summed E-state index contributed by atoms with van der Waals surface area (Å²) in [6.07, 6.45) is 6.10. The van der Waals surface area contributed by atoms with E-state index in [1.165, 1.54) is 27.4 Å². The minimum Gasteiger partial charge on any atom is -0.506 e. The Kier molecular flexibility index (Phi) is 32.7. The predicted molar refractivity (Wildman–Crippen MR) is 539 cm³/mol. The zero-order valence-corrected chi connectivity index (χ0v) is 83.6. The molecule has 6 atom stereocenters. The molecule has 3 aliphatic rings. The molecule has 6 heterocycles. The van der Waals surface area contributed by atoms with Gasteiger partial charge in [-0.05, 0) is 245 Å². The van der Waals surface area contributed by atoms with Crippen LogP contribution in [0, 0.1) is 52.4 Å². The summed E-state index contributed by atoms with van der Waals surface area (Å²) < 4.78 is 37.4. The minimum atomic E-state index is -1.97. The van der Waals surface area contributed by atoms with Gasteiger partial charge in [-0.2, -0.15) is 10.2 Å². The van der Waals surface area contributed by atoms with Crippen molar-refractivity contribution in [3.63, 3.8) is 0 Å². The van der Waals surface area contributed by atoms with Gasteiger partial charge in [-0.1, -0.05) is 168 Å². The van der Waals surface area contributed by atoms with Crippen LogP contribution in [-0.2, 0) is 77.2 Å². The van der Waals surface area contributed by atoms with E-state index in [4.69, 9.17) is 37.4 Å². The Balaban J connectivity index is 0.000000220. The Hall–Kier alpha value is -11.8. The Bertz CT molecular complexity index is 6300. The Morgan fingerprint density at radius 1 is 0.504 bits per heavy atom. The van der Waals surface area contributed by atoms with E-state index in [0.717, 1.165) is 151 Å². The zero-order valence-electron chi connectivity index (χ0n) is 80.4. The predicted octanol–water partition coefficient (Wildman–Crippen LogP) is 19.9. The summed E-state index contributed by atoms with van der Waals surface area (Å²) in [5.41, 5.74) is 19.8. The van der Waals surface area contributed by atoms with Crippen LogP contribution in [-0.4, -0.2) is 158 Å². The van der Waals surface area contributed by atoms with E-state index in [9.17, 15) is 48.8 Å². The number of β-amino-alcohol motifs (C(OH)–C–C–N with tert-alkyl or cyclic N) is 2. The maximum absolute atomic E-state index is 14.7. The normalized spacial score (nSPS) is 16.1. The van der Waals surface area contributed by atoms with Crippen molar-refractivity contribution in [2.24, 2.45) is 24.9 Å². The Morgan fingerprint density at radius 2 is 0.942 bits per heavy atom. The summed E-state index contributed by atoms with van der Waals surface area (Å²) in [6.45, 7) is 25.3. The number of likely N-dealkylation sites (tertiary alicyclic amines) is 2. The number of phenols is 2. The van der Waals surface area contributed by atoms with Gasteiger partial charge in [0.2, 0.25) is 23.6 Å². The second-order valence-electron chi connectivity index (χ2n) is 38.6. The molecular weight excluding hydrogens is 1810 g/mol. The number of aliphatic hydroxyl groups is 2. The molecule has 0 radical (unpaired) electrons. The second kappa shape index (κ2) is 44.3. The van der Waals surface area contributed by atoms with Crippen molar-refractivity contribution in [3.05, 3.63) is 252 Å². The number of benzene rings is 8. The maximum atomic E-state index is 14.7. The fraction of sp³-hybridized carbons (Fsp3) is 0.398. The smallest absolute Gasteiger partial charge is 0.258 e. The number of carbonyl (C=O) groups excluding carboxylic acids is 5. The van der Waals surface area contributed by atoms with Gasteiger partial charge in [-0.25, -0.2) is 14.4 Å². The summed E-state index contributed by atoms with van der Waals surface area (Å²) in [5, 5.41) is 67.1. The van der Waals surface area contributed by atoms with Crippen LogP contribution >= 0.6 is 45.9 Å². The molecule has 15 rings (SSSR count). The van der Waals surface area contributed by atoms with Gasteiger partial charge >= 0.3 is 0 Å². The number of ether oxygens (including phenoxy) is 3. The summed E-state index contributed by atoms with van der Waals surface area (Å²) in [6, 6.07) is 50.2. The number of rotatable bonds is 36. The number of unbranched alkanes of at least 4 members (excludes halogenated alkanes) is 4. The van der Waals surface area contributed by atoms with Crippen LogP contribution in [0.1, 0.15) is 173 Å². The lowest BCUT2D eigenvalue weighted by Gasteiger charge is -2.35. The van der Waals surface area contributed by atoms with Crippen molar-refractivity contribution in [3.8, 4) is 94.4 Å². The van der Waals surface area contributed by atoms with E-state index >= 15 is 0 Å². The minimum absolute atomic E-state index is 0.0303. The third-order valence-electron chi connectivity index (χ3n) is 25.7. The summed E-state index contributed by atoms with van der Waals surface area (Å²) >= 11 is 15.9. The highest BCUT2D eigenvalue weighted by Crippen LogP contribution is 2.49. The first kappa shape index (κ1) is 101. The molecule has 5 amide bonds.